The van der Waals surface area contributed by atoms with Crippen molar-refractivity contribution in [2.24, 2.45) is 5.84 Å². The number of hydrogen-bond acceptors (Lipinski definition) is 8. The highest BCUT2D eigenvalue weighted by Crippen LogP contribution is 2.29. The van der Waals surface area contributed by atoms with Crippen LogP contribution in [0.5, 0.6) is 11.6 Å². The van der Waals surface area contributed by atoms with E-state index in [0.717, 1.165) is 5.56 Å². The largest absolute Gasteiger partial charge is 0.438 e. The monoisotopic (exact) mass is 307 g/mol. The lowest BCUT2D eigenvalue weighted by atomic mass is 10.2. The van der Waals surface area contributed by atoms with Gasteiger partial charge in [-0.05, 0) is 24.8 Å². The van der Waals surface area contributed by atoms with Gasteiger partial charge in [0.25, 0.3) is 5.69 Å². The normalized spacial score (nSPS) is 10.2. The van der Waals surface area contributed by atoms with Crippen LogP contribution in [0.2, 0.25) is 0 Å². The van der Waals surface area contributed by atoms with Crippen molar-refractivity contribution < 1.29 is 9.66 Å². The summed E-state index contributed by atoms with van der Waals surface area (Å²) in [6, 6.07) is 5.90. The molecule has 0 bridgehead atoms. The van der Waals surface area contributed by atoms with Crippen LogP contribution in [-0.4, -0.2) is 21.1 Å². The maximum absolute atomic E-state index is 10.8. The lowest BCUT2D eigenvalue weighted by Gasteiger charge is -2.09. The molecule has 0 aliphatic heterocycles. The van der Waals surface area contributed by atoms with E-state index >= 15 is 0 Å². The first kappa shape index (κ1) is 15.0. The average Bonchev–Trinajstić information content (AvgIpc) is 2.48. The van der Waals surface area contributed by atoms with Crippen molar-refractivity contribution >= 4 is 23.3 Å². The molecule has 3 N–H and O–H groups in total. The summed E-state index contributed by atoms with van der Waals surface area (Å²) >= 11 is 1.33. The second kappa shape index (κ2) is 6.37. The SMILES string of the molecule is CSc1nc(NN)cc(Oc2cc([N+](=O)[O-])ccc2C)n1. The number of ether oxygens (including phenoxy) is 1. The second-order valence-corrected chi connectivity index (χ2v) is 4.80. The zero-order chi connectivity index (χ0) is 15.4. The summed E-state index contributed by atoms with van der Waals surface area (Å²) in [5, 5.41) is 11.3. The zero-order valence-corrected chi connectivity index (χ0v) is 12.2. The Morgan fingerprint density at radius 3 is 2.76 bits per heavy atom. The molecule has 0 spiro atoms. The van der Waals surface area contributed by atoms with Gasteiger partial charge in [0, 0.05) is 12.1 Å². The molecule has 0 unspecified atom stereocenters. The zero-order valence-electron chi connectivity index (χ0n) is 11.4. The quantitative estimate of drug-likeness (QED) is 0.284. The highest BCUT2D eigenvalue weighted by molar-refractivity contribution is 7.98. The topological polar surface area (TPSA) is 116 Å². The Balaban J connectivity index is 2.37. The fraction of sp³-hybridized carbons (Fsp3) is 0.167. The first-order chi connectivity index (χ1) is 10.0. The molecule has 9 heteroatoms. The number of benzene rings is 1. The van der Waals surface area contributed by atoms with Gasteiger partial charge in [0.2, 0.25) is 5.88 Å². The molecule has 1 heterocycles. The molecule has 0 aliphatic rings. The fourth-order valence-electron chi connectivity index (χ4n) is 1.55. The van der Waals surface area contributed by atoms with Crippen LogP contribution in [0.4, 0.5) is 11.5 Å². The number of aromatic nitrogens is 2. The van der Waals surface area contributed by atoms with Crippen molar-refractivity contribution in [3.8, 4) is 11.6 Å². The average molecular weight is 307 g/mol. The van der Waals surface area contributed by atoms with Gasteiger partial charge in [-0.1, -0.05) is 11.8 Å². The molecule has 21 heavy (non-hydrogen) atoms. The number of anilines is 1. The number of hydrogen-bond donors (Lipinski definition) is 2. The highest BCUT2D eigenvalue weighted by Gasteiger charge is 2.12. The predicted molar refractivity (Wildman–Crippen MR) is 79.5 cm³/mol. The second-order valence-electron chi connectivity index (χ2n) is 4.03. The Bertz CT molecular complexity index is 658. The summed E-state index contributed by atoms with van der Waals surface area (Å²) in [6.45, 7) is 1.79. The number of nitrogens with one attached hydrogen (secondary N) is 1. The van der Waals surface area contributed by atoms with E-state index in [9.17, 15) is 10.1 Å². The van der Waals surface area contributed by atoms with Gasteiger partial charge in [0.05, 0.1) is 11.0 Å². The first-order valence-electron chi connectivity index (χ1n) is 5.86. The number of nitro groups is 1. The summed E-state index contributed by atoms with van der Waals surface area (Å²) in [7, 11) is 0. The Labute approximate surface area is 124 Å². The number of nitrogens with two attached hydrogens (primary N) is 1. The van der Waals surface area contributed by atoms with E-state index in [1.807, 2.05) is 6.26 Å². The van der Waals surface area contributed by atoms with Gasteiger partial charge in [-0.2, -0.15) is 4.98 Å². The summed E-state index contributed by atoms with van der Waals surface area (Å²) in [6.07, 6.45) is 1.82. The first-order valence-corrected chi connectivity index (χ1v) is 7.08. The van der Waals surface area contributed by atoms with E-state index in [-0.39, 0.29) is 11.6 Å². The molecule has 8 nitrogen and oxygen atoms in total. The van der Waals surface area contributed by atoms with Crippen LogP contribution in [-0.2, 0) is 0 Å². The van der Waals surface area contributed by atoms with E-state index in [1.54, 1.807) is 13.0 Å². The highest BCUT2D eigenvalue weighted by atomic mass is 32.2. The molecule has 0 amide bonds. The van der Waals surface area contributed by atoms with Crippen LogP contribution in [0.3, 0.4) is 0 Å². The molecule has 1 aromatic heterocycles. The number of nitrogen functional groups attached to an aromatic ring is 1. The number of non-ortho nitro benzene ring substituents is 1. The summed E-state index contributed by atoms with van der Waals surface area (Å²) < 4.78 is 5.62. The number of hydrazine groups is 1. The van der Waals surface area contributed by atoms with E-state index < -0.39 is 4.92 Å². The number of aryl methyl sites for hydroxylation is 1. The van der Waals surface area contributed by atoms with Crippen LogP contribution >= 0.6 is 11.8 Å². The molecule has 0 atom stereocenters. The van der Waals surface area contributed by atoms with Crippen molar-refractivity contribution in [2.45, 2.75) is 12.1 Å². The van der Waals surface area contributed by atoms with Crippen molar-refractivity contribution in [1.29, 1.82) is 0 Å². The molecule has 0 radical (unpaired) electrons. The van der Waals surface area contributed by atoms with E-state index in [0.29, 0.717) is 16.7 Å². The maximum atomic E-state index is 10.8. The Hall–Kier alpha value is -2.39. The molecule has 2 aromatic rings. The van der Waals surface area contributed by atoms with Gasteiger partial charge in [-0.25, -0.2) is 10.8 Å². The molecule has 1 aromatic carbocycles. The minimum absolute atomic E-state index is 0.0491. The lowest BCUT2D eigenvalue weighted by Crippen LogP contribution is -2.09. The maximum Gasteiger partial charge on any atom is 0.273 e. The number of nitro benzene ring substituents is 1. The molecular weight excluding hydrogens is 294 g/mol. The van der Waals surface area contributed by atoms with E-state index in [1.165, 1.54) is 30.0 Å². The molecule has 0 saturated carbocycles. The third kappa shape index (κ3) is 3.58. The molecular formula is C12H13N5O3S. The van der Waals surface area contributed by atoms with E-state index in [4.69, 9.17) is 10.6 Å². The van der Waals surface area contributed by atoms with Crippen molar-refractivity contribution in [1.82, 2.24) is 9.97 Å². The van der Waals surface area contributed by atoms with Crippen LogP contribution in [0.1, 0.15) is 5.56 Å². The standard InChI is InChI=1S/C12H13N5O3S/c1-7-3-4-8(17(18)19)5-9(7)20-11-6-10(16-13)14-12(15-11)21-2/h3-6H,13H2,1-2H3,(H,14,15,16). The van der Waals surface area contributed by atoms with Gasteiger partial charge in [0.1, 0.15) is 11.6 Å². The molecule has 0 aliphatic carbocycles. The molecule has 0 saturated heterocycles. The van der Waals surface area contributed by atoms with Gasteiger partial charge >= 0.3 is 0 Å². The summed E-state index contributed by atoms with van der Waals surface area (Å²) in [5.74, 6) is 6.35. The van der Waals surface area contributed by atoms with Gasteiger partial charge in [0.15, 0.2) is 5.16 Å². The third-order valence-electron chi connectivity index (χ3n) is 2.61. The van der Waals surface area contributed by atoms with Crippen LogP contribution in [0.15, 0.2) is 29.4 Å². The summed E-state index contributed by atoms with van der Waals surface area (Å²) in [4.78, 5) is 18.6. The summed E-state index contributed by atoms with van der Waals surface area (Å²) in [5.41, 5.74) is 3.13. The fourth-order valence-corrected chi connectivity index (χ4v) is 1.92. The third-order valence-corrected chi connectivity index (χ3v) is 3.16. The molecule has 2 rings (SSSR count). The number of nitrogens with zero attached hydrogens (tertiary/aromatic N) is 3. The minimum atomic E-state index is -0.480. The van der Waals surface area contributed by atoms with Gasteiger partial charge in [-0.3, -0.25) is 10.1 Å². The van der Waals surface area contributed by atoms with Crippen LogP contribution < -0.4 is 16.0 Å². The Morgan fingerprint density at radius 2 is 2.14 bits per heavy atom. The lowest BCUT2D eigenvalue weighted by molar-refractivity contribution is -0.384. The number of thioether (sulfide) groups is 1. The van der Waals surface area contributed by atoms with Crippen LogP contribution in [0, 0.1) is 17.0 Å². The Kier molecular flexibility index (Phi) is 4.55. The van der Waals surface area contributed by atoms with Crippen molar-refractivity contribution in [3.63, 3.8) is 0 Å². The van der Waals surface area contributed by atoms with E-state index in [2.05, 4.69) is 15.4 Å². The van der Waals surface area contributed by atoms with Crippen molar-refractivity contribution in [3.05, 3.63) is 39.9 Å². The molecule has 0 fully saturated rings. The minimum Gasteiger partial charge on any atom is -0.438 e. The predicted octanol–water partition coefficient (Wildman–Crippen LogP) is 2.49. The smallest absolute Gasteiger partial charge is 0.273 e. The van der Waals surface area contributed by atoms with Gasteiger partial charge < -0.3 is 10.2 Å². The number of rotatable bonds is 5. The van der Waals surface area contributed by atoms with Crippen LogP contribution in [0.25, 0.3) is 0 Å². The van der Waals surface area contributed by atoms with Gasteiger partial charge in [-0.15, -0.1) is 0 Å². The van der Waals surface area contributed by atoms with Crippen molar-refractivity contribution in [2.75, 3.05) is 11.7 Å². The Morgan fingerprint density at radius 1 is 1.38 bits per heavy atom. The molecule has 110 valence electrons.